The maximum atomic E-state index is 6.15. The fourth-order valence-corrected chi connectivity index (χ4v) is 1.63. The molecule has 3 nitrogen and oxygen atoms in total. The Morgan fingerprint density at radius 1 is 1.41 bits per heavy atom. The molecule has 1 aromatic rings. The van der Waals surface area contributed by atoms with Crippen molar-refractivity contribution in [1.29, 1.82) is 0 Å². The molecule has 94 valence electrons. The monoisotopic (exact) mass is 255 g/mol. The molecular weight excluding hydrogens is 238 g/mol. The lowest BCUT2D eigenvalue weighted by Gasteiger charge is -2.16. The van der Waals surface area contributed by atoms with Gasteiger partial charge in [0.1, 0.15) is 0 Å². The fraction of sp³-hybridized carbons (Fsp3) is 0.385. The normalized spacial score (nSPS) is 11.2. The van der Waals surface area contributed by atoms with Crippen LogP contribution in [0.15, 0.2) is 18.2 Å². The Balaban J connectivity index is 3.26. The van der Waals surface area contributed by atoms with Crippen LogP contribution in [0.25, 0.3) is 6.08 Å². The van der Waals surface area contributed by atoms with Gasteiger partial charge >= 0.3 is 0 Å². The van der Waals surface area contributed by atoms with E-state index < -0.39 is 0 Å². The summed E-state index contributed by atoms with van der Waals surface area (Å²) in [5.74, 6) is 1.32. The quantitative estimate of drug-likeness (QED) is 0.879. The van der Waals surface area contributed by atoms with Crippen LogP contribution in [0.2, 0.25) is 5.02 Å². The third-order valence-corrected chi connectivity index (χ3v) is 2.43. The second-order valence-electron chi connectivity index (χ2n) is 3.80. The van der Waals surface area contributed by atoms with Crippen molar-refractivity contribution < 1.29 is 9.47 Å². The van der Waals surface area contributed by atoms with E-state index in [0.717, 1.165) is 5.56 Å². The molecule has 0 aromatic heterocycles. The van der Waals surface area contributed by atoms with Gasteiger partial charge in [0.15, 0.2) is 11.5 Å². The zero-order chi connectivity index (χ0) is 12.8. The Morgan fingerprint density at radius 2 is 2.12 bits per heavy atom. The number of halogens is 1. The van der Waals surface area contributed by atoms with E-state index in [2.05, 4.69) is 0 Å². The summed E-state index contributed by atoms with van der Waals surface area (Å²) in [5.41, 5.74) is 6.24. The van der Waals surface area contributed by atoms with Gasteiger partial charge in [0.05, 0.1) is 18.2 Å². The lowest BCUT2D eigenvalue weighted by molar-refractivity contribution is 0.229. The van der Waals surface area contributed by atoms with Crippen molar-refractivity contribution in [3.05, 3.63) is 28.8 Å². The molecule has 1 aromatic carbocycles. The van der Waals surface area contributed by atoms with E-state index in [-0.39, 0.29) is 6.10 Å². The highest BCUT2D eigenvalue weighted by atomic mass is 35.5. The first kappa shape index (κ1) is 13.9. The Hall–Kier alpha value is -1.19. The molecule has 0 spiro atoms. The molecule has 0 aliphatic rings. The zero-order valence-corrected chi connectivity index (χ0v) is 11.1. The van der Waals surface area contributed by atoms with Crippen LogP contribution in [0.5, 0.6) is 11.5 Å². The van der Waals surface area contributed by atoms with Crippen LogP contribution in [-0.4, -0.2) is 19.8 Å². The fourth-order valence-electron chi connectivity index (χ4n) is 1.41. The number of nitrogens with two attached hydrogens (primary N) is 1. The van der Waals surface area contributed by atoms with Gasteiger partial charge in [-0.15, -0.1) is 0 Å². The van der Waals surface area contributed by atoms with E-state index >= 15 is 0 Å². The van der Waals surface area contributed by atoms with E-state index in [1.807, 2.05) is 26.0 Å². The Bertz CT molecular complexity index is 403. The van der Waals surface area contributed by atoms with Crippen molar-refractivity contribution in [2.45, 2.75) is 20.0 Å². The van der Waals surface area contributed by atoms with Gasteiger partial charge in [-0.2, -0.15) is 0 Å². The minimum Gasteiger partial charge on any atom is -0.493 e. The van der Waals surface area contributed by atoms with Crippen LogP contribution < -0.4 is 15.2 Å². The smallest absolute Gasteiger partial charge is 0.170 e. The standard InChI is InChI=1S/C13H18ClNO2/c1-9(2)17-13-10(5-4-8-15)11(14)6-7-12(13)16-3/h4-7,9H,8,15H2,1-3H3/b5-4+. The number of hydrogen-bond donors (Lipinski definition) is 1. The molecule has 17 heavy (non-hydrogen) atoms. The van der Waals surface area contributed by atoms with Crippen LogP contribution in [-0.2, 0) is 0 Å². The van der Waals surface area contributed by atoms with Crippen LogP contribution in [0.3, 0.4) is 0 Å². The molecule has 4 heteroatoms. The Labute approximate surface area is 107 Å². The van der Waals surface area contributed by atoms with Crippen molar-refractivity contribution >= 4 is 17.7 Å². The average molecular weight is 256 g/mol. The first-order valence-corrected chi connectivity index (χ1v) is 5.87. The van der Waals surface area contributed by atoms with Gasteiger partial charge in [-0.05, 0) is 26.0 Å². The molecule has 0 aliphatic carbocycles. The third kappa shape index (κ3) is 3.65. The summed E-state index contributed by atoms with van der Waals surface area (Å²) in [7, 11) is 1.60. The number of ether oxygens (including phenoxy) is 2. The maximum absolute atomic E-state index is 6.15. The number of rotatable bonds is 5. The first-order chi connectivity index (χ1) is 8.10. The van der Waals surface area contributed by atoms with Gasteiger partial charge in [0.2, 0.25) is 0 Å². The number of benzene rings is 1. The van der Waals surface area contributed by atoms with Gasteiger partial charge in [-0.25, -0.2) is 0 Å². The third-order valence-electron chi connectivity index (χ3n) is 2.10. The lowest BCUT2D eigenvalue weighted by Crippen LogP contribution is -2.08. The van der Waals surface area contributed by atoms with Gasteiger partial charge in [-0.3, -0.25) is 0 Å². The highest BCUT2D eigenvalue weighted by Gasteiger charge is 2.13. The van der Waals surface area contributed by atoms with Crippen molar-refractivity contribution in [3.63, 3.8) is 0 Å². The topological polar surface area (TPSA) is 44.5 Å². The number of methoxy groups -OCH3 is 1. The lowest BCUT2D eigenvalue weighted by atomic mass is 10.1. The van der Waals surface area contributed by atoms with Crippen molar-refractivity contribution in [1.82, 2.24) is 0 Å². The minimum absolute atomic E-state index is 0.0485. The average Bonchev–Trinajstić information content (AvgIpc) is 2.28. The predicted molar refractivity (Wildman–Crippen MR) is 71.9 cm³/mol. The summed E-state index contributed by atoms with van der Waals surface area (Å²) in [5, 5.41) is 0.617. The van der Waals surface area contributed by atoms with E-state index in [9.17, 15) is 0 Å². The van der Waals surface area contributed by atoms with Crippen LogP contribution in [0.1, 0.15) is 19.4 Å². The van der Waals surface area contributed by atoms with Gasteiger partial charge in [0.25, 0.3) is 0 Å². The Kier molecular flexibility index (Phi) is 5.32. The summed E-state index contributed by atoms with van der Waals surface area (Å²) in [6.07, 6.45) is 3.73. The van der Waals surface area contributed by atoms with Crippen LogP contribution in [0.4, 0.5) is 0 Å². The molecule has 0 fully saturated rings. The molecule has 0 aliphatic heterocycles. The van der Waals surface area contributed by atoms with Gasteiger partial charge in [-0.1, -0.05) is 23.8 Å². The van der Waals surface area contributed by atoms with Crippen LogP contribution >= 0.6 is 11.6 Å². The largest absolute Gasteiger partial charge is 0.493 e. The van der Waals surface area contributed by atoms with E-state index in [1.54, 1.807) is 19.2 Å². The molecular formula is C13H18ClNO2. The minimum atomic E-state index is 0.0485. The van der Waals surface area contributed by atoms with Crippen molar-refractivity contribution in [2.75, 3.05) is 13.7 Å². The highest BCUT2D eigenvalue weighted by Crippen LogP contribution is 2.37. The molecule has 0 atom stereocenters. The summed E-state index contributed by atoms with van der Waals surface area (Å²) < 4.78 is 11.0. The molecule has 0 saturated carbocycles. The van der Waals surface area contributed by atoms with Crippen LogP contribution in [0, 0.1) is 0 Å². The molecule has 0 saturated heterocycles. The molecule has 0 radical (unpaired) electrons. The van der Waals surface area contributed by atoms with Crippen molar-refractivity contribution in [2.24, 2.45) is 5.73 Å². The highest BCUT2D eigenvalue weighted by molar-refractivity contribution is 6.32. The van der Waals surface area contributed by atoms with E-state index in [1.165, 1.54) is 0 Å². The second kappa shape index (κ2) is 6.52. The summed E-state index contributed by atoms with van der Waals surface area (Å²) in [6.45, 7) is 4.36. The molecule has 2 N–H and O–H groups in total. The van der Waals surface area contributed by atoms with E-state index in [0.29, 0.717) is 23.1 Å². The van der Waals surface area contributed by atoms with Gasteiger partial charge in [0, 0.05) is 12.1 Å². The van der Waals surface area contributed by atoms with Gasteiger partial charge < -0.3 is 15.2 Å². The maximum Gasteiger partial charge on any atom is 0.170 e. The molecule has 0 heterocycles. The molecule has 1 rings (SSSR count). The predicted octanol–water partition coefficient (Wildman–Crippen LogP) is 3.11. The second-order valence-corrected chi connectivity index (χ2v) is 4.20. The summed E-state index contributed by atoms with van der Waals surface area (Å²) >= 11 is 6.15. The molecule has 0 amide bonds. The van der Waals surface area contributed by atoms with Crippen molar-refractivity contribution in [3.8, 4) is 11.5 Å². The summed E-state index contributed by atoms with van der Waals surface area (Å²) in [4.78, 5) is 0. The first-order valence-electron chi connectivity index (χ1n) is 5.50. The number of hydrogen-bond acceptors (Lipinski definition) is 3. The molecule has 0 bridgehead atoms. The SMILES string of the molecule is COc1ccc(Cl)c(/C=C/CN)c1OC(C)C. The Morgan fingerprint density at radius 3 is 2.65 bits per heavy atom. The zero-order valence-electron chi connectivity index (χ0n) is 10.4. The van der Waals surface area contributed by atoms with E-state index in [4.69, 9.17) is 26.8 Å². The molecule has 0 unspecified atom stereocenters. The summed E-state index contributed by atoms with van der Waals surface area (Å²) in [6, 6.07) is 3.57.